The number of nitrogens with two attached hydrogens (primary N) is 1. The minimum Gasteiger partial charge on any atom is -0.354 e. The third-order valence-electron chi connectivity index (χ3n) is 4.52. The maximum absolute atomic E-state index is 6.42. The van der Waals surface area contributed by atoms with Gasteiger partial charge in [0.1, 0.15) is 0 Å². The van der Waals surface area contributed by atoms with E-state index in [-0.39, 0.29) is 0 Å². The van der Waals surface area contributed by atoms with Crippen molar-refractivity contribution in [3.63, 3.8) is 0 Å². The molecule has 0 saturated heterocycles. The largest absolute Gasteiger partial charge is 0.354 e. The summed E-state index contributed by atoms with van der Waals surface area (Å²) >= 11 is 6.42. The first-order valence-electron chi connectivity index (χ1n) is 8.57. The molecule has 0 aliphatic heterocycles. The number of unbranched alkanes of at least 4 members (excludes halogenated alkanes) is 1. The first-order valence-corrected chi connectivity index (χ1v) is 8.94. The number of nitrogens with zero attached hydrogens (tertiary/aromatic N) is 1. The molecule has 0 aliphatic carbocycles. The van der Waals surface area contributed by atoms with Crippen molar-refractivity contribution in [2.75, 3.05) is 6.54 Å². The predicted molar refractivity (Wildman–Crippen MR) is 103 cm³/mol. The van der Waals surface area contributed by atoms with Crippen LogP contribution in [-0.4, -0.2) is 16.5 Å². The van der Waals surface area contributed by atoms with Crippen LogP contribution in [0.4, 0.5) is 0 Å². The van der Waals surface area contributed by atoms with Crippen molar-refractivity contribution in [2.45, 2.75) is 39.0 Å². The number of aryl methyl sites for hydroxylation is 1. The van der Waals surface area contributed by atoms with Gasteiger partial charge in [-0.2, -0.15) is 0 Å². The number of fused-ring (bicyclic) bond motifs is 1. The topological polar surface area (TPSA) is 54.7 Å². The van der Waals surface area contributed by atoms with Gasteiger partial charge in [-0.05, 0) is 48.9 Å². The maximum atomic E-state index is 6.42. The van der Waals surface area contributed by atoms with Gasteiger partial charge >= 0.3 is 0 Å². The molecule has 0 bridgehead atoms. The van der Waals surface area contributed by atoms with Crippen LogP contribution in [0.3, 0.4) is 0 Å². The average Bonchev–Trinajstić information content (AvgIpc) is 2.94. The molecule has 24 heavy (non-hydrogen) atoms. The van der Waals surface area contributed by atoms with Crippen LogP contribution >= 0.6 is 11.6 Å². The summed E-state index contributed by atoms with van der Waals surface area (Å²) in [6.07, 6.45) is 6.59. The maximum Gasteiger partial charge on any atom is 0.0682 e. The number of rotatable bonds is 6. The average molecular weight is 342 g/mol. The van der Waals surface area contributed by atoms with Gasteiger partial charge in [-0.25, -0.2) is 0 Å². The van der Waals surface area contributed by atoms with Crippen molar-refractivity contribution in [3.05, 3.63) is 52.8 Å². The summed E-state index contributed by atoms with van der Waals surface area (Å²) in [5, 5.41) is 1.97. The first kappa shape index (κ1) is 17.0. The molecular formula is C20H24ClN3. The molecule has 3 nitrogen and oxygen atoms in total. The van der Waals surface area contributed by atoms with Gasteiger partial charge in [-0.1, -0.05) is 43.6 Å². The Kier molecular flexibility index (Phi) is 5.22. The summed E-state index contributed by atoms with van der Waals surface area (Å²) in [6.45, 7) is 5.18. The van der Waals surface area contributed by atoms with Gasteiger partial charge in [0.2, 0.25) is 0 Å². The van der Waals surface area contributed by atoms with Crippen LogP contribution in [0.2, 0.25) is 5.02 Å². The van der Waals surface area contributed by atoms with E-state index in [0.717, 1.165) is 37.1 Å². The van der Waals surface area contributed by atoms with Gasteiger partial charge in [0, 0.05) is 28.9 Å². The summed E-state index contributed by atoms with van der Waals surface area (Å²) in [6, 6.07) is 8.53. The Hall–Kier alpha value is -1.84. The number of benzene rings is 1. The monoisotopic (exact) mass is 341 g/mol. The lowest BCUT2D eigenvalue weighted by Crippen LogP contribution is -1.99. The second kappa shape index (κ2) is 7.37. The zero-order valence-corrected chi connectivity index (χ0v) is 15.0. The summed E-state index contributed by atoms with van der Waals surface area (Å²) in [4.78, 5) is 7.77. The Balaban J connectivity index is 2.21. The molecule has 3 N–H and O–H groups in total. The summed E-state index contributed by atoms with van der Waals surface area (Å²) in [5.41, 5.74) is 11.7. The van der Waals surface area contributed by atoms with Crippen molar-refractivity contribution in [2.24, 2.45) is 5.73 Å². The molecular weight excluding hydrogens is 318 g/mol. The molecule has 1 aromatic carbocycles. The molecule has 0 radical (unpaired) electrons. The number of aromatic nitrogens is 2. The van der Waals surface area contributed by atoms with Crippen molar-refractivity contribution in [1.29, 1.82) is 0 Å². The van der Waals surface area contributed by atoms with E-state index in [1.807, 2.05) is 6.07 Å². The Labute approximate surface area is 148 Å². The quantitative estimate of drug-likeness (QED) is 0.598. The van der Waals surface area contributed by atoms with Crippen LogP contribution in [0.5, 0.6) is 0 Å². The molecule has 4 heteroatoms. The van der Waals surface area contributed by atoms with Gasteiger partial charge in [0.25, 0.3) is 0 Å². The Morgan fingerprint density at radius 1 is 1.21 bits per heavy atom. The Bertz CT molecular complexity index is 836. The third kappa shape index (κ3) is 3.19. The minimum atomic E-state index is 0.463. The molecule has 0 unspecified atom stereocenters. The van der Waals surface area contributed by atoms with Crippen LogP contribution in [-0.2, 0) is 6.42 Å². The Morgan fingerprint density at radius 3 is 2.75 bits per heavy atom. The van der Waals surface area contributed by atoms with Crippen molar-refractivity contribution in [3.8, 4) is 11.3 Å². The highest BCUT2D eigenvalue weighted by Crippen LogP contribution is 2.37. The molecule has 0 fully saturated rings. The van der Waals surface area contributed by atoms with E-state index in [2.05, 4.69) is 42.0 Å². The lowest BCUT2D eigenvalue weighted by molar-refractivity contribution is 0.748. The fraction of sp³-hybridized carbons (Fsp3) is 0.350. The van der Waals surface area contributed by atoms with E-state index < -0.39 is 0 Å². The Morgan fingerprint density at radius 2 is 2.04 bits per heavy atom. The molecule has 0 spiro atoms. The molecule has 0 atom stereocenters. The molecule has 126 valence electrons. The van der Waals surface area contributed by atoms with Crippen LogP contribution in [0.25, 0.3) is 22.2 Å². The molecule has 0 saturated carbocycles. The van der Waals surface area contributed by atoms with E-state index in [9.17, 15) is 0 Å². The highest BCUT2D eigenvalue weighted by molar-refractivity contribution is 6.33. The normalized spacial score (nSPS) is 11.5. The summed E-state index contributed by atoms with van der Waals surface area (Å²) < 4.78 is 0. The fourth-order valence-electron chi connectivity index (χ4n) is 3.29. The van der Waals surface area contributed by atoms with Crippen LogP contribution in [0, 0.1) is 0 Å². The number of para-hydroxylation sites is 1. The second-order valence-electron chi connectivity index (χ2n) is 6.50. The van der Waals surface area contributed by atoms with Gasteiger partial charge in [0.15, 0.2) is 0 Å². The number of H-pyrrole nitrogens is 1. The molecule has 2 aromatic heterocycles. The number of halogens is 1. The van der Waals surface area contributed by atoms with Gasteiger partial charge < -0.3 is 10.7 Å². The first-order chi connectivity index (χ1) is 11.6. The minimum absolute atomic E-state index is 0.463. The zero-order chi connectivity index (χ0) is 17.1. The number of hydrogen-bond donors (Lipinski definition) is 2. The zero-order valence-electron chi connectivity index (χ0n) is 14.3. The van der Waals surface area contributed by atoms with Crippen molar-refractivity contribution < 1.29 is 0 Å². The van der Waals surface area contributed by atoms with Crippen molar-refractivity contribution in [1.82, 2.24) is 9.97 Å². The van der Waals surface area contributed by atoms with Gasteiger partial charge in [-0.3, -0.25) is 4.98 Å². The van der Waals surface area contributed by atoms with Crippen LogP contribution in [0.15, 0.2) is 36.7 Å². The summed E-state index contributed by atoms with van der Waals surface area (Å²) in [7, 11) is 0. The number of pyridine rings is 1. The highest BCUT2D eigenvalue weighted by Gasteiger charge is 2.17. The van der Waals surface area contributed by atoms with E-state index in [4.69, 9.17) is 17.3 Å². The van der Waals surface area contributed by atoms with E-state index in [1.165, 1.54) is 22.0 Å². The van der Waals surface area contributed by atoms with Gasteiger partial charge in [0.05, 0.1) is 10.7 Å². The number of hydrogen-bond acceptors (Lipinski definition) is 2. The molecule has 0 amide bonds. The van der Waals surface area contributed by atoms with Crippen LogP contribution in [0.1, 0.15) is 43.7 Å². The van der Waals surface area contributed by atoms with Crippen molar-refractivity contribution >= 4 is 22.5 Å². The smallest absolute Gasteiger partial charge is 0.0682 e. The second-order valence-corrected chi connectivity index (χ2v) is 6.91. The third-order valence-corrected chi connectivity index (χ3v) is 4.82. The lowest BCUT2D eigenvalue weighted by Gasteiger charge is -2.07. The van der Waals surface area contributed by atoms with E-state index in [1.54, 1.807) is 12.4 Å². The van der Waals surface area contributed by atoms with Gasteiger partial charge in [-0.15, -0.1) is 0 Å². The van der Waals surface area contributed by atoms with E-state index in [0.29, 0.717) is 10.9 Å². The molecule has 0 aliphatic rings. The molecule has 3 aromatic rings. The highest BCUT2D eigenvalue weighted by atomic mass is 35.5. The molecule has 2 heterocycles. The number of nitrogens with one attached hydrogen (secondary N) is 1. The standard InChI is InChI=1S/C20H24ClN3/c1-13(2)14-7-5-8-16-15(6-3-4-10-22)20(24-19(14)16)17-9-11-23-12-18(17)21/h5,7-9,11-13,24H,3-4,6,10,22H2,1-2H3. The van der Waals surface area contributed by atoms with E-state index >= 15 is 0 Å². The summed E-state index contributed by atoms with van der Waals surface area (Å²) in [5.74, 6) is 0.463. The number of aromatic amines is 1. The van der Waals surface area contributed by atoms with Crippen LogP contribution < -0.4 is 5.73 Å². The fourth-order valence-corrected chi connectivity index (χ4v) is 3.50. The lowest BCUT2D eigenvalue weighted by atomic mass is 9.97. The molecule has 3 rings (SSSR count). The SMILES string of the molecule is CC(C)c1cccc2c(CCCCN)c(-c3ccncc3Cl)[nH]c12. The predicted octanol–water partition coefficient (Wildman–Crippen LogP) is 5.29.